The summed E-state index contributed by atoms with van der Waals surface area (Å²) in [4.78, 5) is 0. The highest BCUT2D eigenvalue weighted by Gasteiger charge is 2.43. The van der Waals surface area contributed by atoms with Crippen molar-refractivity contribution in [1.29, 1.82) is 0 Å². The number of hydrazine groups is 1. The molecule has 2 aliphatic carbocycles. The average molecular weight is 429 g/mol. The Labute approximate surface area is 189 Å². The molecule has 6 heteroatoms. The lowest BCUT2D eigenvalue weighted by atomic mass is 9.75. The molecule has 0 amide bonds. The Balaban J connectivity index is 1.18. The van der Waals surface area contributed by atoms with Gasteiger partial charge < -0.3 is 0 Å². The molecule has 2 aromatic carbocycles. The zero-order valence-electron chi connectivity index (χ0n) is 18.5. The van der Waals surface area contributed by atoms with Gasteiger partial charge >= 0.3 is 0 Å². The molecule has 6 rings (SSSR count). The van der Waals surface area contributed by atoms with Crippen LogP contribution in [0.3, 0.4) is 0 Å². The van der Waals surface area contributed by atoms with Gasteiger partial charge in [-0.15, -0.1) is 5.10 Å². The molecule has 6 nitrogen and oxygen atoms in total. The smallest absolute Gasteiger partial charge is 0.0893 e. The summed E-state index contributed by atoms with van der Waals surface area (Å²) in [6.07, 6.45) is 6.36. The van der Waals surface area contributed by atoms with Crippen molar-refractivity contribution in [2.45, 2.75) is 69.2 Å². The molecule has 1 aromatic heterocycles. The van der Waals surface area contributed by atoms with E-state index in [0.717, 1.165) is 19.5 Å². The van der Waals surface area contributed by atoms with E-state index in [-0.39, 0.29) is 6.17 Å². The van der Waals surface area contributed by atoms with Crippen molar-refractivity contribution in [3.63, 3.8) is 0 Å². The largest absolute Gasteiger partial charge is 0.297 e. The molecule has 4 atom stereocenters. The average Bonchev–Trinajstić information content (AvgIpc) is 3.47. The number of aromatic nitrogens is 3. The Morgan fingerprint density at radius 3 is 2.31 bits per heavy atom. The van der Waals surface area contributed by atoms with E-state index in [0.29, 0.717) is 23.8 Å². The lowest BCUT2D eigenvalue weighted by Crippen LogP contribution is -2.44. The number of nitrogens with zero attached hydrogens (tertiary/aromatic N) is 3. The topological polar surface area (TPSA) is 66.8 Å². The quantitative estimate of drug-likeness (QED) is 0.536. The Kier molecular flexibility index (Phi) is 5.51. The molecule has 4 unspecified atom stereocenters. The molecule has 3 aromatic rings. The number of nitrogens with one attached hydrogen (secondary N) is 3. The predicted octanol–water partition coefficient (Wildman–Crippen LogP) is 3.68. The summed E-state index contributed by atoms with van der Waals surface area (Å²) in [6, 6.07) is 21.8. The maximum Gasteiger partial charge on any atom is 0.0893 e. The lowest BCUT2D eigenvalue weighted by molar-refractivity contribution is 0.254. The van der Waals surface area contributed by atoms with Crippen LogP contribution < -0.4 is 16.2 Å². The second kappa shape index (κ2) is 8.77. The zero-order valence-corrected chi connectivity index (χ0v) is 18.5. The normalized spacial score (nSPS) is 27.4. The van der Waals surface area contributed by atoms with E-state index in [1.54, 1.807) is 0 Å². The first-order valence-corrected chi connectivity index (χ1v) is 12.1. The van der Waals surface area contributed by atoms with Gasteiger partial charge in [0.05, 0.1) is 24.1 Å². The number of benzene rings is 2. The number of hydrogen-bond acceptors (Lipinski definition) is 5. The summed E-state index contributed by atoms with van der Waals surface area (Å²) in [5.74, 6) is 1.70. The van der Waals surface area contributed by atoms with Crippen LogP contribution in [0.5, 0.6) is 0 Å². The Bertz CT molecular complexity index is 1030. The molecule has 3 aliphatic rings. The molecular weight excluding hydrogens is 396 g/mol. The van der Waals surface area contributed by atoms with Crippen LogP contribution in [-0.4, -0.2) is 27.2 Å². The summed E-state index contributed by atoms with van der Waals surface area (Å²) >= 11 is 0. The Hall–Kier alpha value is -2.54. The van der Waals surface area contributed by atoms with Crippen molar-refractivity contribution in [3.8, 4) is 0 Å². The van der Waals surface area contributed by atoms with Crippen LogP contribution in [0.25, 0.3) is 0 Å². The van der Waals surface area contributed by atoms with Gasteiger partial charge in [0.2, 0.25) is 0 Å². The summed E-state index contributed by atoms with van der Waals surface area (Å²) in [6.45, 7) is 1.71. The van der Waals surface area contributed by atoms with Gasteiger partial charge in [-0.3, -0.25) is 10.7 Å². The molecule has 2 saturated carbocycles. The molecule has 3 fully saturated rings. The second-order valence-corrected chi connectivity index (χ2v) is 9.69. The van der Waals surface area contributed by atoms with Crippen LogP contribution in [0.4, 0.5) is 0 Å². The van der Waals surface area contributed by atoms with E-state index in [2.05, 4.69) is 86.7 Å². The highest BCUT2D eigenvalue weighted by atomic mass is 15.5. The fraction of sp³-hybridized carbons (Fsp3) is 0.462. The fourth-order valence-corrected chi connectivity index (χ4v) is 5.61. The van der Waals surface area contributed by atoms with Crippen LogP contribution in [0, 0.1) is 5.92 Å². The molecule has 32 heavy (non-hydrogen) atoms. The van der Waals surface area contributed by atoms with Crippen molar-refractivity contribution in [3.05, 3.63) is 83.2 Å². The number of rotatable bonds is 7. The minimum Gasteiger partial charge on any atom is -0.297 e. The summed E-state index contributed by atoms with van der Waals surface area (Å²) in [5, 5.41) is 13.2. The second-order valence-electron chi connectivity index (χ2n) is 9.69. The predicted molar refractivity (Wildman–Crippen MR) is 125 cm³/mol. The molecule has 1 aliphatic heterocycles. The van der Waals surface area contributed by atoms with Crippen LogP contribution in [0.15, 0.2) is 60.7 Å². The molecular formula is C26H32N6. The van der Waals surface area contributed by atoms with Crippen molar-refractivity contribution in [2.75, 3.05) is 0 Å². The van der Waals surface area contributed by atoms with Gasteiger partial charge in [0.15, 0.2) is 0 Å². The highest BCUT2D eigenvalue weighted by Crippen LogP contribution is 2.46. The molecule has 166 valence electrons. The van der Waals surface area contributed by atoms with E-state index in [4.69, 9.17) is 5.10 Å². The highest BCUT2D eigenvalue weighted by molar-refractivity contribution is 5.27. The van der Waals surface area contributed by atoms with Crippen molar-refractivity contribution < 1.29 is 0 Å². The van der Waals surface area contributed by atoms with E-state index < -0.39 is 0 Å². The van der Waals surface area contributed by atoms with E-state index in [9.17, 15) is 0 Å². The maximum absolute atomic E-state index is 4.78. The monoisotopic (exact) mass is 428 g/mol. The summed E-state index contributed by atoms with van der Waals surface area (Å²) in [7, 11) is 0. The molecule has 0 bridgehead atoms. The van der Waals surface area contributed by atoms with E-state index >= 15 is 0 Å². The van der Waals surface area contributed by atoms with Crippen LogP contribution >= 0.6 is 0 Å². The van der Waals surface area contributed by atoms with Gasteiger partial charge in [-0.05, 0) is 43.2 Å². The van der Waals surface area contributed by atoms with Crippen molar-refractivity contribution >= 4 is 0 Å². The minimum atomic E-state index is 0.284. The number of hydrogen-bond donors (Lipinski definition) is 3. The van der Waals surface area contributed by atoms with Gasteiger partial charge in [-0.2, -0.15) is 0 Å². The van der Waals surface area contributed by atoms with Gasteiger partial charge in [0, 0.05) is 30.3 Å². The maximum atomic E-state index is 4.78. The fourth-order valence-electron chi connectivity index (χ4n) is 5.61. The first-order valence-electron chi connectivity index (χ1n) is 12.1. The number of fused-ring (bicyclic) bond motifs is 1. The Morgan fingerprint density at radius 2 is 1.56 bits per heavy atom. The van der Waals surface area contributed by atoms with Gasteiger partial charge in [-0.1, -0.05) is 65.9 Å². The van der Waals surface area contributed by atoms with Crippen molar-refractivity contribution in [1.82, 2.24) is 31.2 Å². The first kappa shape index (κ1) is 20.1. The van der Waals surface area contributed by atoms with Crippen LogP contribution in [0.2, 0.25) is 0 Å². The van der Waals surface area contributed by atoms with Crippen LogP contribution in [-0.2, 0) is 13.1 Å². The summed E-state index contributed by atoms with van der Waals surface area (Å²) in [5.41, 5.74) is 12.4. The third-order valence-corrected chi connectivity index (χ3v) is 7.45. The molecule has 1 saturated heterocycles. The van der Waals surface area contributed by atoms with Gasteiger partial charge in [0.1, 0.15) is 0 Å². The third kappa shape index (κ3) is 4.10. The Morgan fingerprint density at radius 1 is 0.844 bits per heavy atom. The van der Waals surface area contributed by atoms with E-state index in [1.807, 2.05) is 0 Å². The zero-order chi connectivity index (χ0) is 21.3. The van der Waals surface area contributed by atoms with E-state index in [1.165, 1.54) is 48.2 Å². The third-order valence-electron chi connectivity index (χ3n) is 7.45. The molecule has 3 N–H and O–H groups in total. The first-order chi connectivity index (χ1) is 15.8. The minimum absolute atomic E-state index is 0.284. The van der Waals surface area contributed by atoms with Crippen LogP contribution in [0.1, 0.15) is 66.5 Å². The van der Waals surface area contributed by atoms with Gasteiger partial charge in [-0.25, -0.2) is 10.1 Å². The standard InChI is InChI=1S/C26H32N6/c1-3-7-18(8-4-1)16-27-26-22-15-21(13-14-23(22)28-30-26)24-25(20-11-12-20)32(31-29-24)17-19-9-5-2-6-10-19/h1-10,20-23,26-28,30H,11-17H2. The van der Waals surface area contributed by atoms with Gasteiger partial charge in [0.25, 0.3) is 0 Å². The van der Waals surface area contributed by atoms with Crippen molar-refractivity contribution in [2.24, 2.45) is 5.92 Å². The molecule has 2 heterocycles. The lowest BCUT2D eigenvalue weighted by Gasteiger charge is -2.33. The molecule has 0 spiro atoms. The SMILES string of the molecule is c1ccc(CNC2NNC3CCC(c4nnn(Cc5ccccc5)c4C4CC4)CC32)cc1. The summed E-state index contributed by atoms with van der Waals surface area (Å²) < 4.78 is 2.19. The molecule has 0 radical (unpaired) electrons.